The fourth-order valence-corrected chi connectivity index (χ4v) is 3.06. The second-order valence-corrected chi connectivity index (χ2v) is 6.82. The van der Waals surface area contributed by atoms with E-state index in [1.54, 1.807) is 12.1 Å². The number of thiazole rings is 1. The molecule has 25 heavy (non-hydrogen) atoms. The van der Waals surface area contributed by atoms with Crippen LogP contribution in [-0.4, -0.2) is 17.6 Å². The van der Waals surface area contributed by atoms with E-state index in [1.165, 1.54) is 11.3 Å². The molecule has 3 rings (SSSR count). The van der Waals surface area contributed by atoms with Gasteiger partial charge in [-0.2, -0.15) is 0 Å². The van der Waals surface area contributed by atoms with Gasteiger partial charge in [-0.25, -0.2) is 9.78 Å². The SMILES string of the molecule is O=C(COc1cccc(Br)c1)OCc1csc(Nc2ccccc2)n1. The number of esters is 1. The highest BCUT2D eigenvalue weighted by molar-refractivity contribution is 9.10. The van der Waals surface area contributed by atoms with Crippen LogP contribution in [0.15, 0.2) is 64.5 Å². The molecule has 3 aromatic rings. The van der Waals surface area contributed by atoms with Crippen LogP contribution in [0.5, 0.6) is 5.75 Å². The molecule has 1 heterocycles. The number of rotatable bonds is 7. The number of carbonyl (C=O) groups is 1. The number of anilines is 2. The highest BCUT2D eigenvalue weighted by atomic mass is 79.9. The van der Waals surface area contributed by atoms with Crippen molar-refractivity contribution in [3.05, 3.63) is 70.1 Å². The third kappa shape index (κ3) is 5.58. The molecule has 2 aromatic carbocycles. The number of ether oxygens (including phenoxy) is 2. The monoisotopic (exact) mass is 418 g/mol. The van der Waals surface area contributed by atoms with Gasteiger partial charge in [0.2, 0.25) is 0 Å². The third-order valence-corrected chi connectivity index (χ3v) is 4.41. The van der Waals surface area contributed by atoms with Crippen molar-refractivity contribution < 1.29 is 14.3 Å². The van der Waals surface area contributed by atoms with Gasteiger partial charge < -0.3 is 14.8 Å². The van der Waals surface area contributed by atoms with Crippen molar-refractivity contribution in [2.24, 2.45) is 0 Å². The lowest BCUT2D eigenvalue weighted by Gasteiger charge is -2.06. The number of nitrogens with one attached hydrogen (secondary N) is 1. The van der Waals surface area contributed by atoms with Gasteiger partial charge in [-0.05, 0) is 30.3 Å². The first-order chi connectivity index (χ1) is 12.2. The second kappa shape index (κ2) is 8.64. The number of aromatic nitrogens is 1. The minimum absolute atomic E-state index is 0.119. The average Bonchev–Trinajstić information content (AvgIpc) is 3.06. The molecular formula is C18H15BrN2O3S. The zero-order valence-electron chi connectivity index (χ0n) is 13.1. The smallest absolute Gasteiger partial charge is 0.344 e. The van der Waals surface area contributed by atoms with E-state index in [9.17, 15) is 4.79 Å². The summed E-state index contributed by atoms with van der Waals surface area (Å²) in [6.07, 6.45) is 0. The summed E-state index contributed by atoms with van der Waals surface area (Å²) < 4.78 is 11.5. The Labute approximate surface area is 157 Å². The first-order valence-electron chi connectivity index (χ1n) is 7.49. The van der Waals surface area contributed by atoms with Crippen LogP contribution < -0.4 is 10.1 Å². The maximum absolute atomic E-state index is 11.8. The predicted molar refractivity (Wildman–Crippen MR) is 101 cm³/mol. The standard InChI is InChI=1S/C18H15BrN2O3S/c19-13-5-4-8-16(9-13)23-11-17(22)24-10-15-12-25-18(21-15)20-14-6-2-1-3-7-14/h1-9,12H,10-11H2,(H,20,21). The Bertz CT molecular complexity index is 839. The van der Waals surface area contributed by atoms with Gasteiger partial charge >= 0.3 is 5.97 Å². The molecule has 128 valence electrons. The maximum Gasteiger partial charge on any atom is 0.344 e. The van der Waals surface area contributed by atoms with Gasteiger partial charge in [0.25, 0.3) is 0 Å². The summed E-state index contributed by atoms with van der Waals surface area (Å²) in [6.45, 7) is -0.0244. The zero-order chi connectivity index (χ0) is 17.5. The van der Waals surface area contributed by atoms with E-state index >= 15 is 0 Å². The Kier molecular flexibility index (Phi) is 6.03. The highest BCUT2D eigenvalue weighted by Gasteiger charge is 2.08. The molecule has 0 aliphatic heterocycles. The van der Waals surface area contributed by atoms with Gasteiger partial charge in [0.1, 0.15) is 12.4 Å². The van der Waals surface area contributed by atoms with E-state index in [-0.39, 0.29) is 13.2 Å². The van der Waals surface area contributed by atoms with Crippen molar-refractivity contribution in [3.8, 4) is 5.75 Å². The molecule has 0 aliphatic rings. The number of nitrogens with zero attached hydrogens (tertiary/aromatic N) is 1. The molecule has 1 N–H and O–H groups in total. The van der Waals surface area contributed by atoms with Crippen LogP contribution in [0.3, 0.4) is 0 Å². The largest absolute Gasteiger partial charge is 0.482 e. The quantitative estimate of drug-likeness (QED) is 0.559. The molecule has 1 aromatic heterocycles. The van der Waals surface area contributed by atoms with E-state index in [4.69, 9.17) is 9.47 Å². The van der Waals surface area contributed by atoms with Crippen LogP contribution in [0.25, 0.3) is 0 Å². The van der Waals surface area contributed by atoms with Crippen molar-refractivity contribution >= 4 is 44.1 Å². The van der Waals surface area contributed by atoms with E-state index in [0.29, 0.717) is 11.4 Å². The third-order valence-electron chi connectivity index (χ3n) is 3.11. The van der Waals surface area contributed by atoms with Crippen LogP contribution in [0.2, 0.25) is 0 Å². The highest BCUT2D eigenvalue weighted by Crippen LogP contribution is 2.21. The molecular weight excluding hydrogens is 404 g/mol. The fraction of sp³-hybridized carbons (Fsp3) is 0.111. The summed E-state index contributed by atoms with van der Waals surface area (Å²) in [5, 5.41) is 5.81. The number of benzene rings is 2. The van der Waals surface area contributed by atoms with E-state index in [2.05, 4.69) is 26.2 Å². The van der Waals surface area contributed by atoms with E-state index < -0.39 is 5.97 Å². The zero-order valence-corrected chi connectivity index (χ0v) is 15.5. The van der Waals surface area contributed by atoms with Gasteiger partial charge in [0, 0.05) is 15.5 Å². The molecule has 0 bridgehead atoms. The summed E-state index contributed by atoms with van der Waals surface area (Å²) in [4.78, 5) is 16.2. The first-order valence-corrected chi connectivity index (χ1v) is 9.17. The van der Waals surface area contributed by atoms with Gasteiger partial charge in [-0.1, -0.05) is 40.2 Å². The molecule has 5 nitrogen and oxygen atoms in total. The maximum atomic E-state index is 11.8. The van der Waals surface area contributed by atoms with Crippen molar-refractivity contribution in [3.63, 3.8) is 0 Å². The molecule has 0 spiro atoms. The molecule has 0 aliphatic carbocycles. The number of halogens is 1. The van der Waals surface area contributed by atoms with Crippen LogP contribution in [-0.2, 0) is 16.1 Å². The lowest BCUT2D eigenvalue weighted by atomic mass is 10.3. The normalized spacial score (nSPS) is 10.3. The van der Waals surface area contributed by atoms with Gasteiger partial charge in [0.15, 0.2) is 11.7 Å². The first kappa shape index (κ1) is 17.4. The predicted octanol–water partition coefficient (Wildman–Crippen LogP) is 4.77. The number of para-hydroxylation sites is 1. The minimum atomic E-state index is -0.439. The molecule has 7 heteroatoms. The van der Waals surface area contributed by atoms with Crippen LogP contribution >= 0.6 is 27.3 Å². The average molecular weight is 419 g/mol. The number of hydrogen-bond donors (Lipinski definition) is 1. The van der Waals surface area contributed by atoms with Gasteiger partial charge in [-0.3, -0.25) is 0 Å². The Hall–Kier alpha value is -2.38. The number of carbonyl (C=O) groups excluding carboxylic acids is 1. The summed E-state index contributed by atoms with van der Waals surface area (Å²) in [6, 6.07) is 17.0. The topological polar surface area (TPSA) is 60.5 Å². The van der Waals surface area contributed by atoms with Crippen molar-refractivity contribution in [1.29, 1.82) is 0 Å². The molecule has 0 saturated heterocycles. The summed E-state index contributed by atoms with van der Waals surface area (Å²) in [5.41, 5.74) is 1.65. The fourth-order valence-electron chi connectivity index (χ4n) is 1.97. The summed E-state index contributed by atoms with van der Waals surface area (Å²) in [5.74, 6) is 0.167. The lowest BCUT2D eigenvalue weighted by molar-refractivity contribution is -0.147. The summed E-state index contributed by atoms with van der Waals surface area (Å²) >= 11 is 4.81. The van der Waals surface area contributed by atoms with E-state index in [1.807, 2.05) is 47.8 Å². The van der Waals surface area contributed by atoms with Crippen molar-refractivity contribution in [2.45, 2.75) is 6.61 Å². The Morgan fingerprint density at radius 1 is 1.16 bits per heavy atom. The molecule has 0 fully saturated rings. The van der Waals surface area contributed by atoms with Crippen LogP contribution in [0, 0.1) is 0 Å². The van der Waals surface area contributed by atoms with Crippen LogP contribution in [0.4, 0.5) is 10.8 Å². The van der Waals surface area contributed by atoms with Gasteiger partial charge in [0.05, 0.1) is 5.69 Å². The Morgan fingerprint density at radius 2 is 2.00 bits per heavy atom. The molecule has 0 unspecified atom stereocenters. The Morgan fingerprint density at radius 3 is 2.80 bits per heavy atom. The minimum Gasteiger partial charge on any atom is -0.482 e. The lowest BCUT2D eigenvalue weighted by Crippen LogP contribution is -2.14. The molecule has 0 amide bonds. The van der Waals surface area contributed by atoms with Gasteiger partial charge in [-0.15, -0.1) is 11.3 Å². The molecule has 0 atom stereocenters. The van der Waals surface area contributed by atoms with Crippen LogP contribution in [0.1, 0.15) is 5.69 Å². The molecule has 0 radical (unpaired) electrons. The number of hydrogen-bond acceptors (Lipinski definition) is 6. The summed E-state index contributed by atoms with van der Waals surface area (Å²) in [7, 11) is 0. The van der Waals surface area contributed by atoms with Crippen molar-refractivity contribution in [2.75, 3.05) is 11.9 Å². The van der Waals surface area contributed by atoms with E-state index in [0.717, 1.165) is 15.3 Å². The second-order valence-electron chi connectivity index (χ2n) is 5.04. The Balaban J connectivity index is 1.44. The van der Waals surface area contributed by atoms with Crippen molar-refractivity contribution in [1.82, 2.24) is 4.98 Å². The molecule has 0 saturated carbocycles.